The number of thioether (sulfide) groups is 1. The van der Waals surface area contributed by atoms with Crippen LogP contribution in [0.5, 0.6) is 5.75 Å². The average molecular weight is 582 g/mol. The second kappa shape index (κ2) is 11.0. The molecule has 0 unspecified atom stereocenters. The minimum absolute atomic E-state index is 0.0163. The van der Waals surface area contributed by atoms with Gasteiger partial charge in [0.1, 0.15) is 4.90 Å². The molecule has 1 fully saturated rings. The van der Waals surface area contributed by atoms with Crippen LogP contribution in [0, 0.1) is 0 Å². The molecule has 0 atom stereocenters. The van der Waals surface area contributed by atoms with Crippen LogP contribution in [0.2, 0.25) is 10.0 Å². The molecule has 1 aliphatic rings. The first-order chi connectivity index (χ1) is 18.3. The standard InChI is InChI=1S/C28H18Cl2N2O4S2/c29-23-16-19(17-24(30)26(23)36-38(34,35)22-14-8-3-9-15-22)18-25-27(33)32(21-12-6-2-7-13-21)28(37-25)31-20-10-4-1-5-11-20/h1-18H/b25-18+,31-28?. The van der Waals surface area contributed by atoms with Crippen LogP contribution in [0.1, 0.15) is 5.56 Å². The summed E-state index contributed by atoms with van der Waals surface area (Å²) in [6, 6.07) is 29.2. The van der Waals surface area contributed by atoms with Crippen molar-refractivity contribution in [1.82, 2.24) is 0 Å². The van der Waals surface area contributed by atoms with Gasteiger partial charge in [0.15, 0.2) is 10.9 Å². The Kier molecular flexibility index (Phi) is 7.58. The Morgan fingerprint density at radius 3 is 1.97 bits per heavy atom. The largest absolute Gasteiger partial charge is 0.376 e. The number of anilines is 1. The zero-order valence-corrected chi connectivity index (χ0v) is 22.6. The van der Waals surface area contributed by atoms with Crippen molar-refractivity contribution in [3.05, 3.63) is 124 Å². The van der Waals surface area contributed by atoms with Gasteiger partial charge in [-0.15, -0.1) is 0 Å². The van der Waals surface area contributed by atoms with Gasteiger partial charge in [-0.25, -0.2) is 4.99 Å². The second-order valence-electron chi connectivity index (χ2n) is 7.98. The third kappa shape index (κ3) is 5.63. The molecule has 4 aromatic carbocycles. The monoisotopic (exact) mass is 580 g/mol. The quantitative estimate of drug-likeness (QED) is 0.173. The summed E-state index contributed by atoms with van der Waals surface area (Å²) in [7, 11) is -4.14. The van der Waals surface area contributed by atoms with E-state index in [0.29, 0.717) is 27.0 Å². The van der Waals surface area contributed by atoms with Crippen LogP contribution in [-0.4, -0.2) is 19.5 Å². The second-order valence-corrected chi connectivity index (χ2v) is 11.4. The summed E-state index contributed by atoms with van der Waals surface area (Å²) >= 11 is 14.0. The summed E-state index contributed by atoms with van der Waals surface area (Å²) in [5.74, 6) is -0.461. The Bertz CT molecular complexity index is 1640. The van der Waals surface area contributed by atoms with Gasteiger partial charge in [0, 0.05) is 0 Å². The summed E-state index contributed by atoms with van der Waals surface area (Å²) in [6.07, 6.45) is 1.63. The number of hydrogen-bond acceptors (Lipinski definition) is 6. The molecule has 0 aliphatic carbocycles. The van der Waals surface area contributed by atoms with Gasteiger partial charge < -0.3 is 4.18 Å². The molecule has 1 aliphatic heterocycles. The molecule has 190 valence electrons. The number of benzene rings is 4. The van der Waals surface area contributed by atoms with Crippen molar-refractivity contribution in [3.63, 3.8) is 0 Å². The van der Waals surface area contributed by atoms with Crippen LogP contribution in [0.4, 0.5) is 11.4 Å². The molecule has 0 radical (unpaired) electrons. The number of nitrogens with zero attached hydrogens (tertiary/aromatic N) is 2. The molecule has 5 rings (SSSR count). The van der Waals surface area contributed by atoms with Gasteiger partial charge in [0.05, 0.1) is 26.3 Å². The van der Waals surface area contributed by atoms with Crippen molar-refractivity contribution in [2.24, 2.45) is 4.99 Å². The van der Waals surface area contributed by atoms with Crippen LogP contribution in [0.3, 0.4) is 0 Å². The van der Waals surface area contributed by atoms with E-state index in [4.69, 9.17) is 27.4 Å². The van der Waals surface area contributed by atoms with E-state index in [-0.39, 0.29) is 26.6 Å². The van der Waals surface area contributed by atoms with Crippen LogP contribution in [0.25, 0.3) is 6.08 Å². The summed E-state index contributed by atoms with van der Waals surface area (Å²) < 4.78 is 30.5. The van der Waals surface area contributed by atoms with Crippen molar-refractivity contribution < 1.29 is 17.4 Å². The number of aliphatic imine (C=N–C) groups is 1. The van der Waals surface area contributed by atoms with Crippen LogP contribution >= 0.6 is 35.0 Å². The van der Waals surface area contributed by atoms with Gasteiger partial charge in [-0.1, -0.05) is 77.8 Å². The minimum atomic E-state index is -4.14. The predicted octanol–water partition coefficient (Wildman–Crippen LogP) is 7.57. The summed E-state index contributed by atoms with van der Waals surface area (Å²) in [6.45, 7) is 0. The van der Waals surface area contributed by atoms with Crippen molar-refractivity contribution >= 4 is 73.6 Å². The fraction of sp³-hybridized carbons (Fsp3) is 0. The van der Waals surface area contributed by atoms with E-state index in [1.54, 1.807) is 24.3 Å². The number of carbonyl (C=O) groups excluding carboxylic acids is 1. The zero-order chi connectivity index (χ0) is 26.7. The lowest BCUT2D eigenvalue weighted by molar-refractivity contribution is -0.113. The van der Waals surface area contributed by atoms with Crippen LogP contribution < -0.4 is 9.08 Å². The van der Waals surface area contributed by atoms with E-state index in [1.807, 2.05) is 60.7 Å². The first-order valence-electron chi connectivity index (χ1n) is 11.2. The number of hydrogen-bond donors (Lipinski definition) is 0. The molecule has 1 heterocycles. The molecular weight excluding hydrogens is 563 g/mol. The highest BCUT2D eigenvalue weighted by Gasteiger charge is 2.35. The van der Waals surface area contributed by atoms with Gasteiger partial charge in [0.2, 0.25) is 0 Å². The van der Waals surface area contributed by atoms with E-state index in [0.717, 1.165) is 0 Å². The molecule has 6 nitrogen and oxygen atoms in total. The lowest BCUT2D eigenvalue weighted by atomic mass is 10.2. The van der Waals surface area contributed by atoms with Crippen LogP contribution in [-0.2, 0) is 14.9 Å². The number of carbonyl (C=O) groups is 1. The maximum absolute atomic E-state index is 13.5. The van der Waals surface area contributed by atoms with E-state index in [1.165, 1.54) is 40.9 Å². The van der Waals surface area contributed by atoms with Crippen molar-refractivity contribution in [2.75, 3.05) is 4.90 Å². The summed E-state index contributed by atoms with van der Waals surface area (Å²) in [5, 5.41) is 0.458. The number of halogens is 2. The Morgan fingerprint density at radius 1 is 0.816 bits per heavy atom. The normalized spacial score (nSPS) is 15.8. The molecule has 0 aromatic heterocycles. The maximum Gasteiger partial charge on any atom is 0.339 e. The fourth-order valence-corrected chi connectivity index (χ4v) is 6.26. The lowest BCUT2D eigenvalue weighted by Gasteiger charge is -2.15. The third-order valence-electron chi connectivity index (χ3n) is 5.35. The number of amides is 1. The lowest BCUT2D eigenvalue weighted by Crippen LogP contribution is -2.28. The molecule has 10 heteroatoms. The first kappa shape index (κ1) is 26.1. The van der Waals surface area contributed by atoms with Gasteiger partial charge in [-0.3, -0.25) is 9.69 Å². The maximum atomic E-state index is 13.5. The Labute approximate surface area is 234 Å². The Balaban J connectivity index is 1.48. The molecule has 0 N–H and O–H groups in total. The molecular formula is C28H18Cl2N2O4S2. The molecule has 1 saturated heterocycles. The van der Waals surface area contributed by atoms with Gasteiger partial charge in [-0.2, -0.15) is 8.42 Å². The predicted molar refractivity (Wildman–Crippen MR) is 154 cm³/mol. The Hall–Kier alpha value is -3.56. The van der Waals surface area contributed by atoms with E-state index < -0.39 is 10.1 Å². The van der Waals surface area contributed by atoms with E-state index in [2.05, 4.69) is 4.99 Å². The Morgan fingerprint density at radius 2 is 1.37 bits per heavy atom. The molecule has 0 saturated carbocycles. The summed E-state index contributed by atoms with van der Waals surface area (Å²) in [5.41, 5.74) is 1.88. The number of para-hydroxylation sites is 2. The average Bonchev–Trinajstić information content (AvgIpc) is 3.22. The van der Waals surface area contributed by atoms with Crippen molar-refractivity contribution in [2.45, 2.75) is 4.90 Å². The van der Waals surface area contributed by atoms with Gasteiger partial charge in [0.25, 0.3) is 5.91 Å². The molecule has 0 bridgehead atoms. The van der Waals surface area contributed by atoms with Crippen molar-refractivity contribution in [3.8, 4) is 5.75 Å². The fourth-order valence-electron chi connectivity index (χ4n) is 3.61. The third-order valence-corrected chi connectivity index (χ3v) is 8.11. The van der Waals surface area contributed by atoms with E-state index in [9.17, 15) is 13.2 Å². The van der Waals surface area contributed by atoms with Gasteiger partial charge >= 0.3 is 10.1 Å². The molecule has 0 spiro atoms. The summed E-state index contributed by atoms with van der Waals surface area (Å²) in [4.78, 5) is 20.1. The number of amidine groups is 1. The van der Waals surface area contributed by atoms with Gasteiger partial charge in [-0.05, 0) is 71.9 Å². The van der Waals surface area contributed by atoms with E-state index >= 15 is 0 Å². The molecule has 4 aromatic rings. The highest BCUT2D eigenvalue weighted by atomic mass is 35.5. The van der Waals surface area contributed by atoms with Crippen LogP contribution in [0.15, 0.2) is 118 Å². The SMILES string of the molecule is O=C1/C(=C\c2cc(Cl)c(OS(=O)(=O)c3ccccc3)c(Cl)c2)SC(=Nc2ccccc2)N1c1ccccc1. The molecule has 38 heavy (non-hydrogen) atoms. The molecule has 1 amide bonds. The first-order valence-corrected chi connectivity index (χ1v) is 14.2. The number of rotatable bonds is 6. The minimum Gasteiger partial charge on any atom is -0.376 e. The highest BCUT2D eigenvalue weighted by molar-refractivity contribution is 8.19. The topological polar surface area (TPSA) is 76.0 Å². The van der Waals surface area contributed by atoms with Crippen molar-refractivity contribution in [1.29, 1.82) is 0 Å². The smallest absolute Gasteiger partial charge is 0.339 e. The zero-order valence-electron chi connectivity index (χ0n) is 19.5. The highest BCUT2D eigenvalue weighted by Crippen LogP contribution is 2.40.